The zero-order valence-corrected chi connectivity index (χ0v) is 16.7. The average molecular weight is 402 g/mol. The first-order valence-electron chi connectivity index (χ1n) is 10.0. The summed E-state index contributed by atoms with van der Waals surface area (Å²) in [6.45, 7) is 0.486. The molecule has 0 unspecified atom stereocenters. The normalized spacial score (nSPS) is 11.8. The zero-order valence-electron chi connectivity index (χ0n) is 16.7. The number of nitrogens with one attached hydrogen (secondary N) is 2. The van der Waals surface area contributed by atoms with Gasteiger partial charge in [-0.05, 0) is 23.1 Å². The van der Waals surface area contributed by atoms with E-state index in [1.54, 1.807) is 0 Å². The van der Waals surface area contributed by atoms with Gasteiger partial charge in [0, 0.05) is 13.0 Å². The minimum absolute atomic E-state index is 0.0821. The van der Waals surface area contributed by atoms with Gasteiger partial charge in [0.05, 0.1) is 12.1 Å². The van der Waals surface area contributed by atoms with Crippen LogP contribution in [0.2, 0.25) is 0 Å². The van der Waals surface area contributed by atoms with E-state index in [9.17, 15) is 9.59 Å². The molecule has 0 aliphatic heterocycles. The Bertz CT molecular complexity index is 891. The molecule has 3 aromatic rings. The summed E-state index contributed by atoms with van der Waals surface area (Å²) < 4.78 is 0. The number of rotatable bonds is 10. The van der Waals surface area contributed by atoms with Crippen molar-refractivity contribution >= 4 is 11.9 Å². The smallest absolute Gasteiger partial charge is 0.303 e. The van der Waals surface area contributed by atoms with Gasteiger partial charge in [0.15, 0.2) is 0 Å². The van der Waals surface area contributed by atoms with E-state index in [0.29, 0.717) is 6.54 Å². The van der Waals surface area contributed by atoms with Crippen LogP contribution in [0, 0.1) is 0 Å². The van der Waals surface area contributed by atoms with Crippen molar-refractivity contribution in [3.63, 3.8) is 0 Å². The first kappa shape index (κ1) is 21.3. The van der Waals surface area contributed by atoms with Gasteiger partial charge in [-0.3, -0.25) is 9.59 Å². The molecule has 3 aromatic carbocycles. The molecular formula is C25H26N2O3. The molecule has 0 saturated carbocycles. The lowest BCUT2D eigenvalue weighted by molar-refractivity contribution is -0.137. The van der Waals surface area contributed by atoms with E-state index < -0.39 is 12.0 Å². The molecule has 5 nitrogen and oxygen atoms in total. The van der Waals surface area contributed by atoms with Gasteiger partial charge >= 0.3 is 5.97 Å². The number of carbonyl (C=O) groups is 2. The van der Waals surface area contributed by atoms with Crippen molar-refractivity contribution in [3.8, 4) is 0 Å². The SMILES string of the molecule is O=C(O)CC[C@H](NCc1ccccc1)C(=O)NC(c1ccccc1)c1ccccc1. The molecule has 0 aliphatic carbocycles. The van der Waals surface area contributed by atoms with Crippen molar-refractivity contribution in [2.45, 2.75) is 31.5 Å². The Kier molecular flexibility index (Phi) is 7.75. The van der Waals surface area contributed by atoms with Crippen molar-refractivity contribution < 1.29 is 14.7 Å². The molecule has 0 bridgehead atoms. The number of benzene rings is 3. The van der Waals surface area contributed by atoms with E-state index >= 15 is 0 Å². The highest BCUT2D eigenvalue weighted by molar-refractivity contribution is 5.83. The van der Waals surface area contributed by atoms with Crippen LogP contribution in [0.1, 0.15) is 35.6 Å². The lowest BCUT2D eigenvalue weighted by atomic mass is 9.98. The molecule has 30 heavy (non-hydrogen) atoms. The van der Waals surface area contributed by atoms with Crippen LogP contribution >= 0.6 is 0 Å². The van der Waals surface area contributed by atoms with Crippen LogP contribution < -0.4 is 10.6 Å². The van der Waals surface area contributed by atoms with Crippen LogP contribution in [-0.4, -0.2) is 23.0 Å². The molecule has 0 saturated heterocycles. The Morgan fingerprint density at radius 3 is 1.77 bits per heavy atom. The quantitative estimate of drug-likeness (QED) is 0.480. The van der Waals surface area contributed by atoms with Gasteiger partial charge in [-0.15, -0.1) is 0 Å². The van der Waals surface area contributed by atoms with Crippen LogP contribution in [0.4, 0.5) is 0 Å². The van der Waals surface area contributed by atoms with Crippen molar-refractivity contribution in [2.24, 2.45) is 0 Å². The molecule has 1 atom stereocenters. The maximum absolute atomic E-state index is 13.2. The third kappa shape index (κ3) is 6.29. The van der Waals surface area contributed by atoms with Crippen LogP contribution in [0.15, 0.2) is 91.0 Å². The zero-order chi connectivity index (χ0) is 21.2. The lowest BCUT2D eigenvalue weighted by Crippen LogP contribution is -2.45. The van der Waals surface area contributed by atoms with E-state index in [-0.39, 0.29) is 24.8 Å². The van der Waals surface area contributed by atoms with Crippen LogP contribution in [0.3, 0.4) is 0 Å². The molecule has 154 valence electrons. The summed E-state index contributed by atoms with van der Waals surface area (Å²) in [6.07, 6.45) is 0.130. The van der Waals surface area contributed by atoms with E-state index in [1.165, 1.54) is 0 Å². The van der Waals surface area contributed by atoms with Crippen molar-refractivity contribution in [1.82, 2.24) is 10.6 Å². The highest BCUT2D eigenvalue weighted by Crippen LogP contribution is 2.22. The van der Waals surface area contributed by atoms with E-state index in [4.69, 9.17) is 5.11 Å². The molecular weight excluding hydrogens is 376 g/mol. The fourth-order valence-electron chi connectivity index (χ4n) is 3.32. The molecule has 0 fully saturated rings. The monoisotopic (exact) mass is 402 g/mol. The second-order valence-corrected chi connectivity index (χ2v) is 7.11. The Morgan fingerprint density at radius 2 is 1.27 bits per heavy atom. The van der Waals surface area contributed by atoms with E-state index in [1.807, 2.05) is 91.0 Å². The highest BCUT2D eigenvalue weighted by atomic mass is 16.4. The van der Waals surface area contributed by atoms with E-state index in [0.717, 1.165) is 16.7 Å². The van der Waals surface area contributed by atoms with Gasteiger partial charge in [0.2, 0.25) is 5.91 Å². The van der Waals surface area contributed by atoms with Gasteiger partial charge in [0.1, 0.15) is 0 Å². The standard InChI is InChI=1S/C25H26N2O3/c28-23(29)17-16-22(26-18-19-10-4-1-5-11-19)25(30)27-24(20-12-6-2-7-13-20)21-14-8-3-9-15-21/h1-15,22,24,26H,16-18H2,(H,27,30)(H,28,29)/t22-/m0/s1. The molecule has 0 aliphatic rings. The van der Waals surface area contributed by atoms with Gasteiger partial charge in [-0.1, -0.05) is 91.0 Å². The number of carboxylic acid groups (broad SMARTS) is 1. The van der Waals surface area contributed by atoms with Gasteiger partial charge in [0.25, 0.3) is 0 Å². The van der Waals surface area contributed by atoms with Gasteiger partial charge in [-0.2, -0.15) is 0 Å². The Morgan fingerprint density at radius 1 is 0.767 bits per heavy atom. The molecule has 3 rings (SSSR count). The third-order valence-corrected chi connectivity index (χ3v) is 4.91. The first-order valence-corrected chi connectivity index (χ1v) is 10.0. The second kappa shape index (κ2) is 10.9. The maximum Gasteiger partial charge on any atom is 0.303 e. The summed E-state index contributed by atoms with van der Waals surface area (Å²) in [5.74, 6) is -1.14. The summed E-state index contributed by atoms with van der Waals surface area (Å²) in [5.41, 5.74) is 2.97. The minimum atomic E-state index is -0.919. The number of carboxylic acids is 1. The van der Waals surface area contributed by atoms with Gasteiger partial charge < -0.3 is 15.7 Å². The minimum Gasteiger partial charge on any atom is -0.481 e. The van der Waals surface area contributed by atoms with Crippen molar-refractivity contribution in [2.75, 3.05) is 0 Å². The lowest BCUT2D eigenvalue weighted by Gasteiger charge is -2.24. The summed E-state index contributed by atoms with van der Waals surface area (Å²) >= 11 is 0. The molecule has 0 radical (unpaired) electrons. The van der Waals surface area contributed by atoms with Crippen LogP contribution in [-0.2, 0) is 16.1 Å². The Balaban J connectivity index is 1.77. The third-order valence-electron chi connectivity index (χ3n) is 4.91. The molecule has 0 heterocycles. The molecule has 5 heteroatoms. The maximum atomic E-state index is 13.2. The number of carbonyl (C=O) groups excluding carboxylic acids is 1. The average Bonchev–Trinajstić information content (AvgIpc) is 2.79. The van der Waals surface area contributed by atoms with Crippen molar-refractivity contribution in [3.05, 3.63) is 108 Å². The molecule has 0 aromatic heterocycles. The number of hydrogen-bond donors (Lipinski definition) is 3. The summed E-state index contributed by atoms with van der Waals surface area (Å²) in [5, 5.41) is 15.4. The topological polar surface area (TPSA) is 78.4 Å². The predicted molar refractivity (Wildman–Crippen MR) is 117 cm³/mol. The first-order chi connectivity index (χ1) is 14.6. The largest absolute Gasteiger partial charge is 0.481 e. The van der Waals surface area contributed by atoms with Crippen LogP contribution in [0.5, 0.6) is 0 Å². The molecule has 1 amide bonds. The summed E-state index contributed by atoms with van der Waals surface area (Å²) in [7, 11) is 0. The predicted octanol–water partition coefficient (Wildman–Crippen LogP) is 3.92. The van der Waals surface area contributed by atoms with Crippen LogP contribution in [0.25, 0.3) is 0 Å². The van der Waals surface area contributed by atoms with Gasteiger partial charge in [-0.25, -0.2) is 0 Å². The number of aliphatic carboxylic acids is 1. The fourth-order valence-corrected chi connectivity index (χ4v) is 3.32. The number of amides is 1. The fraction of sp³-hybridized carbons (Fsp3) is 0.200. The second-order valence-electron chi connectivity index (χ2n) is 7.11. The van der Waals surface area contributed by atoms with E-state index in [2.05, 4.69) is 10.6 Å². The summed E-state index contributed by atoms with van der Waals surface area (Å²) in [6, 6.07) is 28.3. The highest BCUT2D eigenvalue weighted by Gasteiger charge is 2.23. The molecule has 3 N–H and O–H groups in total. The van der Waals surface area contributed by atoms with Crippen molar-refractivity contribution in [1.29, 1.82) is 0 Å². The Hall–Kier alpha value is -3.44. The number of hydrogen-bond acceptors (Lipinski definition) is 3. The Labute approximate surface area is 176 Å². The molecule has 0 spiro atoms. The summed E-state index contributed by atoms with van der Waals surface area (Å²) in [4.78, 5) is 24.3.